The van der Waals surface area contributed by atoms with Crippen LogP contribution in [0.2, 0.25) is 0 Å². The number of rotatable bonds is 3. The molecule has 0 amide bonds. The molecule has 136 valence electrons. The third-order valence-corrected chi connectivity index (χ3v) is 4.50. The topological polar surface area (TPSA) is 43.2 Å². The second kappa shape index (κ2) is 6.69. The Bertz CT molecular complexity index is 899. The summed E-state index contributed by atoms with van der Waals surface area (Å²) in [5, 5.41) is 1.06. The molecule has 1 fully saturated rings. The van der Waals surface area contributed by atoms with Crippen molar-refractivity contribution in [3.63, 3.8) is 0 Å². The van der Waals surface area contributed by atoms with E-state index in [4.69, 9.17) is 4.74 Å². The van der Waals surface area contributed by atoms with Crippen LogP contribution in [0.3, 0.4) is 0 Å². The van der Waals surface area contributed by atoms with Gasteiger partial charge in [0.1, 0.15) is 0 Å². The van der Waals surface area contributed by atoms with Crippen LogP contribution in [0.5, 0.6) is 0 Å². The lowest BCUT2D eigenvalue weighted by atomic mass is 10.1. The molecule has 3 aromatic rings. The summed E-state index contributed by atoms with van der Waals surface area (Å²) >= 11 is 0. The van der Waals surface area contributed by atoms with Crippen molar-refractivity contribution in [2.24, 2.45) is 0 Å². The van der Waals surface area contributed by atoms with Crippen molar-refractivity contribution in [2.45, 2.75) is 12.7 Å². The summed E-state index contributed by atoms with van der Waals surface area (Å²) in [4.78, 5) is 9.76. The molecule has 26 heavy (non-hydrogen) atoms. The first-order chi connectivity index (χ1) is 12.5. The quantitative estimate of drug-likeness (QED) is 0.717. The van der Waals surface area contributed by atoms with Crippen molar-refractivity contribution in [3.8, 4) is 5.82 Å². The maximum atomic E-state index is 12.7. The highest BCUT2D eigenvalue weighted by atomic mass is 19.4. The summed E-state index contributed by atoms with van der Waals surface area (Å²) < 4.78 is 45.1. The Balaban J connectivity index is 1.66. The second-order valence-corrected chi connectivity index (χ2v) is 6.18. The van der Waals surface area contributed by atoms with Gasteiger partial charge in [-0.05, 0) is 17.7 Å². The zero-order valence-corrected chi connectivity index (χ0v) is 13.9. The lowest BCUT2D eigenvalue weighted by molar-refractivity contribution is -0.141. The smallest absolute Gasteiger partial charge is 0.379 e. The molecule has 4 rings (SSSR count). The van der Waals surface area contributed by atoms with Crippen molar-refractivity contribution < 1.29 is 17.9 Å². The molecular weight excluding hydrogens is 345 g/mol. The molecule has 3 heterocycles. The highest BCUT2D eigenvalue weighted by Crippen LogP contribution is 2.28. The Hall–Kier alpha value is -2.45. The highest BCUT2D eigenvalue weighted by Gasteiger charge is 2.32. The second-order valence-electron chi connectivity index (χ2n) is 6.18. The molecule has 0 spiro atoms. The number of benzene rings is 1. The van der Waals surface area contributed by atoms with Gasteiger partial charge in [-0.25, -0.2) is 9.97 Å². The van der Waals surface area contributed by atoms with Gasteiger partial charge in [0.2, 0.25) is 0 Å². The fourth-order valence-electron chi connectivity index (χ4n) is 3.16. The molecule has 1 aliphatic heterocycles. The van der Waals surface area contributed by atoms with Crippen LogP contribution in [0.15, 0.2) is 42.9 Å². The van der Waals surface area contributed by atoms with Gasteiger partial charge in [0, 0.05) is 31.2 Å². The Morgan fingerprint density at radius 3 is 2.54 bits per heavy atom. The Morgan fingerprint density at radius 1 is 1.04 bits per heavy atom. The van der Waals surface area contributed by atoms with E-state index in [-0.39, 0.29) is 0 Å². The number of alkyl halides is 3. The van der Waals surface area contributed by atoms with E-state index in [9.17, 15) is 13.2 Å². The van der Waals surface area contributed by atoms with Crippen molar-refractivity contribution in [2.75, 3.05) is 26.3 Å². The average Bonchev–Trinajstić information content (AvgIpc) is 3.07. The number of halogens is 3. The monoisotopic (exact) mass is 362 g/mol. The van der Waals surface area contributed by atoms with Gasteiger partial charge in [0.25, 0.3) is 0 Å². The molecule has 5 nitrogen and oxygen atoms in total. The maximum absolute atomic E-state index is 12.7. The van der Waals surface area contributed by atoms with Crippen LogP contribution < -0.4 is 0 Å². The summed E-state index contributed by atoms with van der Waals surface area (Å²) in [6, 6.07) is 7.91. The summed E-state index contributed by atoms with van der Waals surface area (Å²) in [7, 11) is 0. The minimum Gasteiger partial charge on any atom is -0.379 e. The first-order valence-corrected chi connectivity index (χ1v) is 8.31. The number of ether oxygens (including phenoxy) is 1. The number of fused-ring (bicyclic) bond motifs is 1. The molecule has 0 bridgehead atoms. The van der Waals surface area contributed by atoms with Crippen LogP contribution in [-0.2, 0) is 17.5 Å². The van der Waals surface area contributed by atoms with Crippen molar-refractivity contribution in [1.82, 2.24) is 19.4 Å². The minimum atomic E-state index is -4.49. The summed E-state index contributed by atoms with van der Waals surface area (Å²) in [6.07, 6.45) is -0.768. The van der Waals surface area contributed by atoms with Gasteiger partial charge in [-0.15, -0.1) is 0 Å². The van der Waals surface area contributed by atoms with Gasteiger partial charge in [0.05, 0.1) is 31.1 Å². The van der Waals surface area contributed by atoms with Crippen LogP contribution in [-0.4, -0.2) is 45.7 Å². The Labute approximate surface area is 148 Å². The first kappa shape index (κ1) is 17.0. The minimum absolute atomic E-state index is 0.358. The Morgan fingerprint density at radius 2 is 1.85 bits per heavy atom. The first-order valence-electron chi connectivity index (χ1n) is 8.31. The molecule has 0 saturated carbocycles. The van der Waals surface area contributed by atoms with E-state index >= 15 is 0 Å². The van der Waals surface area contributed by atoms with E-state index in [1.54, 1.807) is 4.57 Å². The van der Waals surface area contributed by atoms with Gasteiger partial charge >= 0.3 is 6.18 Å². The largest absolute Gasteiger partial charge is 0.434 e. The van der Waals surface area contributed by atoms with Crippen LogP contribution in [0.1, 0.15) is 11.3 Å². The standard InChI is InChI=1S/C18H17F3N4O/c19-18(20,21)16-10-23-17(11-22-16)25-5-4-14-13(2-1-3-15(14)25)12-24-6-8-26-9-7-24/h1-5,10-11H,6-9,12H2. The van der Waals surface area contributed by atoms with Gasteiger partial charge in [0.15, 0.2) is 11.5 Å². The zero-order valence-electron chi connectivity index (χ0n) is 13.9. The summed E-state index contributed by atoms with van der Waals surface area (Å²) in [6.45, 7) is 4.06. The number of nitrogens with zero attached hydrogens (tertiary/aromatic N) is 4. The van der Waals surface area contributed by atoms with E-state index in [0.717, 1.165) is 56.1 Å². The summed E-state index contributed by atoms with van der Waals surface area (Å²) in [5.41, 5.74) is 1.07. The lowest BCUT2D eigenvalue weighted by Crippen LogP contribution is -2.35. The number of morpholine rings is 1. The van der Waals surface area contributed by atoms with E-state index in [1.165, 1.54) is 5.56 Å². The van der Waals surface area contributed by atoms with E-state index in [2.05, 4.69) is 20.9 Å². The van der Waals surface area contributed by atoms with E-state index in [1.807, 2.05) is 24.4 Å². The van der Waals surface area contributed by atoms with Crippen LogP contribution in [0.4, 0.5) is 13.2 Å². The third kappa shape index (κ3) is 3.30. The van der Waals surface area contributed by atoms with Crippen molar-refractivity contribution >= 4 is 10.9 Å². The molecule has 0 radical (unpaired) electrons. The highest BCUT2D eigenvalue weighted by molar-refractivity contribution is 5.85. The van der Waals surface area contributed by atoms with E-state index in [0.29, 0.717) is 5.82 Å². The van der Waals surface area contributed by atoms with Gasteiger partial charge < -0.3 is 4.74 Å². The van der Waals surface area contributed by atoms with Gasteiger partial charge in [-0.3, -0.25) is 9.47 Å². The molecule has 0 unspecified atom stereocenters. The molecule has 1 aromatic carbocycles. The van der Waals surface area contributed by atoms with Crippen LogP contribution >= 0.6 is 0 Å². The fourth-order valence-corrected chi connectivity index (χ4v) is 3.16. The zero-order chi connectivity index (χ0) is 18.1. The predicted octanol–water partition coefficient (Wildman–Crippen LogP) is 3.27. The van der Waals surface area contributed by atoms with Crippen LogP contribution in [0.25, 0.3) is 16.7 Å². The normalized spacial score (nSPS) is 16.3. The molecule has 1 aliphatic rings. The number of aromatic nitrogens is 3. The molecule has 0 N–H and O–H groups in total. The van der Waals surface area contributed by atoms with Crippen LogP contribution in [0, 0.1) is 0 Å². The van der Waals surface area contributed by atoms with Gasteiger partial charge in [-0.2, -0.15) is 13.2 Å². The molecule has 2 aromatic heterocycles. The SMILES string of the molecule is FC(F)(F)c1cnc(-n2ccc3c(CN4CCOCC4)cccc32)cn1. The van der Waals surface area contributed by atoms with Crippen molar-refractivity contribution in [3.05, 3.63) is 54.1 Å². The van der Waals surface area contributed by atoms with E-state index < -0.39 is 11.9 Å². The maximum Gasteiger partial charge on any atom is 0.434 e. The predicted molar refractivity (Wildman–Crippen MR) is 90.0 cm³/mol. The fraction of sp³-hybridized carbons (Fsp3) is 0.333. The number of hydrogen-bond acceptors (Lipinski definition) is 4. The molecular formula is C18H17F3N4O. The summed E-state index contributed by atoms with van der Waals surface area (Å²) in [5.74, 6) is 0.358. The van der Waals surface area contributed by atoms with Gasteiger partial charge in [-0.1, -0.05) is 12.1 Å². The molecule has 0 atom stereocenters. The molecule has 0 aliphatic carbocycles. The third-order valence-electron chi connectivity index (χ3n) is 4.50. The number of hydrogen-bond donors (Lipinski definition) is 0. The molecule has 8 heteroatoms. The Kier molecular flexibility index (Phi) is 4.37. The molecule has 1 saturated heterocycles. The lowest BCUT2D eigenvalue weighted by Gasteiger charge is -2.26. The average molecular weight is 362 g/mol. The van der Waals surface area contributed by atoms with Crippen molar-refractivity contribution in [1.29, 1.82) is 0 Å².